The van der Waals surface area contributed by atoms with E-state index < -0.39 is 0 Å². The van der Waals surface area contributed by atoms with Gasteiger partial charge in [0.15, 0.2) is 0 Å². The van der Waals surface area contributed by atoms with Gasteiger partial charge in [-0.3, -0.25) is 10.2 Å². The van der Waals surface area contributed by atoms with Gasteiger partial charge in [-0.15, -0.1) is 0 Å². The molecule has 2 aliphatic heterocycles. The number of nitrogens with two attached hydrogens (primary N) is 1. The molecule has 0 aromatic heterocycles. The maximum atomic E-state index is 2.64. The molecular weight excluding hydrogens is 415 g/mol. The van der Waals surface area contributed by atoms with Crippen LogP contribution >= 0.6 is 21.6 Å². The molecule has 0 radical (unpaired) electrons. The minimum Gasteiger partial charge on any atom is -1.00 e. The summed E-state index contributed by atoms with van der Waals surface area (Å²) in [6, 6.07) is 0. The van der Waals surface area contributed by atoms with Crippen LogP contribution in [0.3, 0.4) is 0 Å². The van der Waals surface area contributed by atoms with E-state index in [2.05, 4.69) is 41.3 Å². The largest absolute Gasteiger partial charge is 1.00 e. The van der Waals surface area contributed by atoms with Crippen molar-refractivity contribution in [3.05, 3.63) is 0 Å². The molecule has 2 saturated heterocycles. The van der Waals surface area contributed by atoms with E-state index in [-0.39, 0.29) is 24.0 Å². The van der Waals surface area contributed by atoms with E-state index in [4.69, 9.17) is 0 Å². The number of hydrazine groups is 1. The van der Waals surface area contributed by atoms with Crippen molar-refractivity contribution >= 4 is 21.6 Å². The van der Waals surface area contributed by atoms with Crippen LogP contribution in [0, 0.1) is 0 Å². The number of halogens is 1. The molecule has 0 saturated carbocycles. The molecule has 0 bridgehead atoms. The standard InChI is InChI=1S/C14H30N4S2.HI/c1-4-5-6-7-10-17-11-8-9-12-18(17)14-15-13(16(2)3)19-20-14;/h13-15H,4-12H2,1-3H3;1H. The zero-order valence-electron chi connectivity index (χ0n) is 13.6. The summed E-state index contributed by atoms with van der Waals surface area (Å²) < 4.78 is 0. The lowest BCUT2D eigenvalue weighted by Gasteiger charge is -2.40. The third kappa shape index (κ3) is 6.35. The van der Waals surface area contributed by atoms with E-state index in [1.165, 1.54) is 58.2 Å². The average Bonchev–Trinajstić information content (AvgIpc) is 2.94. The maximum absolute atomic E-state index is 2.64. The van der Waals surface area contributed by atoms with E-state index in [0.29, 0.717) is 11.0 Å². The highest BCUT2D eigenvalue weighted by atomic mass is 127. The van der Waals surface area contributed by atoms with Crippen molar-refractivity contribution in [1.82, 2.24) is 14.9 Å². The third-order valence-electron chi connectivity index (χ3n) is 4.07. The molecule has 2 unspecified atom stereocenters. The summed E-state index contributed by atoms with van der Waals surface area (Å²) in [5.74, 6) is 0. The van der Waals surface area contributed by atoms with Crippen LogP contribution in [-0.4, -0.2) is 59.6 Å². The molecule has 7 heteroatoms. The van der Waals surface area contributed by atoms with Crippen molar-refractivity contribution < 1.29 is 29.3 Å². The van der Waals surface area contributed by atoms with Gasteiger partial charge in [-0.25, -0.2) is 5.01 Å². The molecule has 0 spiro atoms. The Labute approximate surface area is 155 Å². The second-order valence-corrected chi connectivity index (χ2v) is 8.52. The van der Waals surface area contributed by atoms with E-state index in [0.717, 1.165) is 0 Å². The molecule has 2 rings (SSSR count). The van der Waals surface area contributed by atoms with Gasteiger partial charge in [-0.1, -0.05) is 26.2 Å². The molecule has 0 aromatic rings. The summed E-state index contributed by atoms with van der Waals surface area (Å²) in [7, 11) is 8.39. The number of unbranched alkanes of at least 4 members (excludes halogenated alkanes) is 3. The summed E-state index contributed by atoms with van der Waals surface area (Å²) in [5, 5.41) is 7.78. The number of quaternary nitrogens is 1. The molecule has 2 heterocycles. The molecule has 0 aromatic carbocycles. The van der Waals surface area contributed by atoms with Crippen molar-refractivity contribution in [2.24, 2.45) is 0 Å². The zero-order chi connectivity index (χ0) is 14.4. The van der Waals surface area contributed by atoms with Crippen LogP contribution in [0.15, 0.2) is 0 Å². The molecular formula is C14H31IN4S2. The van der Waals surface area contributed by atoms with Crippen LogP contribution in [0.25, 0.3) is 0 Å². The van der Waals surface area contributed by atoms with Crippen LogP contribution in [0.1, 0.15) is 45.4 Å². The molecule has 2 aliphatic rings. The monoisotopic (exact) mass is 446 g/mol. The SMILES string of the molecule is CCCCCCN1CCCCN1C1[NH2+]C(N(C)C)SS1.[I-]. The summed E-state index contributed by atoms with van der Waals surface area (Å²) >= 11 is 0. The smallest absolute Gasteiger partial charge is 0.215 e. The van der Waals surface area contributed by atoms with Gasteiger partial charge < -0.3 is 24.0 Å². The number of rotatable bonds is 7. The number of hydrogen-bond acceptors (Lipinski definition) is 5. The summed E-state index contributed by atoms with van der Waals surface area (Å²) in [4.78, 5) is 2.31. The van der Waals surface area contributed by atoms with Crippen LogP contribution in [-0.2, 0) is 0 Å². The molecule has 0 amide bonds. The Kier molecular flexibility index (Phi) is 10.6. The highest BCUT2D eigenvalue weighted by Gasteiger charge is 2.38. The fourth-order valence-corrected chi connectivity index (χ4v) is 5.96. The summed E-state index contributed by atoms with van der Waals surface area (Å²) in [6.07, 6.45) is 8.18. The van der Waals surface area contributed by atoms with Crippen molar-refractivity contribution in [3.8, 4) is 0 Å². The molecule has 4 nitrogen and oxygen atoms in total. The van der Waals surface area contributed by atoms with Crippen molar-refractivity contribution in [3.63, 3.8) is 0 Å². The maximum Gasteiger partial charge on any atom is 0.215 e. The fourth-order valence-electron chi connectivity index (χ4n) is 2.81. The summed E-state index contributed by atoms with van der Waals surface area (Å²) in [6.45, 7) is 6.04. The topological polar surface area (TPSA) is 26.3 Å². The van der Waals surface area contributed by atoms with E-state index in [1.807, 2.05) is 21.6 Å². The fraction of sp³-hybridized carbons (Fsp3) is 1.00. The van der Waals surface area contributed by atoms with Gasteiger partial charge in [-0.2, -0.15) is 5.01 Å². The van der Waals surface area contributed by atoms with E-state index in [1.54, 1.807) is 0 Å². The average molecular weight is 446 g/mol. The Morgan fingerprint density at radius 2 is 1.86 bits per heavy atom. The molecule has 2 atom stereocenters. The third-order valence-corrected chi connectivity index (χ3v) is 7.07. The van der Waals surface area contributed by atoms with Crippen LogP contribution in [0.5, 0.6) is 0 Å². The molecule has 2 N–H and O–H groups in total. The van der Waals surface area contributed by atoms with Gasteiger partial charge in [0, 0.05) is 19.6 Å². The minimum absolute atomic E-state index is 0. The van der Waals surface area contributed by atoms with Crippen molar-refractivity contribution in [1.29, 1.82) is 0 Å². The molecule has 2 fully saturated rings. The van der Waals surface area contributed by atoms with Crippen LogP contribution in [0.4, 0.5) is 0 Å². The first-order valence-corrected chi connectivity index (χ1v) is 10.3. The Balaban J connectivity index is 0.00000220. The van der Waals surface area contributed by atoms with Gasteiger partial charge in [0.2, 0.25) is 11.0 Å². The minimum atomic E-state index is 0. The second kappa shape index (κ2) is 10.9. The Hall–Kier alpha value is 1.27. The second-order valence-electron chi connectivity index (χ2n) is 6.01. The molecule has 0 aliphatic carbocycles. The Morgan fingerprint density at radius 1 is 1.10 bits per heavy atom. The van der Waals surface area contributed by atoms with Gasteiger partial charge in [0.1, 0.15) is 0 Å². The normalized spacial score (nSPS) is 28.0. The quantitative estimate of drug-likeness (QED) is 0.307. The lowest BCUT2D eigenvalue weighted by Crippen LogP contribution is -3.00. The number of nitrogens with zero attached hydrogens (tertiary/aromatic N) is 3. The van der Waals surface area contributed by atoms with Gasteiger partial charge in [-0.05, 0) is 54.9 Å². The predicted molar refractivity (Wildman–Crippen MR) is 90.0 cm³/mol. The van der Waals surface area contributed by atoms with Gasteiger partial charge in [0.25, 0.3) is 0 Å². The predicted octanol–water partition coefficient (Wildman–Crippen LogP) is -1.03. The van der Waals surface area contributed by atoms with Gasteiger partial charge in [0.05, 0.1) is 0 Å². The Bertz CT molecular complexity index is 284. The van der Waals surface area contributed by atoms with Crippen molar-refractivity contribution in [2.75, 3.05) is 33.7 Å². The first kappa shape index (κ1) is 20.3. The van der Waals surface area contributed by atoms with E-state index in [9.17, 15) is 0 Å². The summed E-state index contributed by atoms with van der Waals surface area (Å²) in [5.41, 5.74) is 1.13. The molecule has 21 heavy (non-hydrogen) atoms. The highest BCUT2D eigenvalue weighted by Crippen LogP contribution is 2.34. The zero-order valence-corrected chi connectivity index (χ0v) is 17.4. The van der Waals surface area contributed by atoms with Crippen LogP contribution in [0.2, 0.25) is 0 Å². The lowest BCUT2D eigenvalue weighted by molar-refractivity contribution is -0.716. The van der Waals surface area contributed by atoms with Crippen molar-refractivity contribution in [2.45, 2.75) is 56.4 Å². The first-order chi connectivity index (χ1) is 9.72. The van der Waals surface area contributed by atoms with Gasteiger partial charge >= 0.3 is 0 Å². The highest BCUT2D eigenvalue weighted by molar-refractivity contribution is 8.77. The number of hydrogen-bond donors (Lipinski definition) is 1. The lowest BCUT2D eigenvalue weighted by atomic mass is 10.2. The van der Waals surface area contributed by atoms with Crippen LogP contribution < -0.4 is 29.3 Å². The Morgan fingerprint density at radius 3 is 2.52 bits per heavy atom. The van der Waals surface area contributed by atoms with E-state index >= 15 is 0 Å². The molecule has 126 valence electrons. The first-order valence-electron chi connectivity index (χ1n) is 8.07.